The molecule has 0 spiro atoms. The van der Waals surface area contributed by atoms with Gasteiger partial charge in [-0.3, -0.25) is 0 Å². The van der Waals surface area contributed by atoms with Crippen LogP contribution in [-0.4, -0.2) is 12.1 Å². The summed E-state index contributed by atoms with van der Waals surface area (Å²) in [5.74, 6) is 0.844. The highest BCUT2D eigenvalue weighted by Crippen LogP contribution is 1.88. The van der Waals surface area contributed by atoms with Crippen LogP contribution in [0.2, 0.25) is 0 Å². The number of amidine groups is 1. The number of rotatable bonds is 3. The summed E-state index contributed by atoms with van der Waals surface area (Å²) in [6.07, 6.45) is 5.19. The molecule has 0 atom stereocenters. The Morgan fingerprint density at radius 2 is 2.20 bits per heavy atom. The van der Waals surface area contributed by atoms with E-state index in [1.807, 2.05) is 20.1 Å². The first kappa shape index (κ1) is 9.08. The van der Waals surface area contributed by atoms with Crippen molar-refractivity contribution in [3.05, 3.63) is 12.8 Å². The van der Waals surface area contributed by atoms with E-state index in [0.29, 0.717) is 0 Å². The van der Waals surface area contributed by atoms with Crippen LogP contribution in [0.4, 0.5) is 0 Å². The van der Waals surface area contributed by atoms with Crippen LogP contribution < -0.4 is 0 Å². The summed E-state index contributed by atoms with van der Waals surface area (Å²) in [5, 5.41) is 0. The topological polar surface area (TPSA) is 24.7 Å². The number of hydrogen-bond donors (Lipinski definition) is 0. The predicted molar refractivity (Wildman–Crippen MR) is 46.7 cm³/mol. The van der Waals surface area contributed by atoms with Crippen LogP contribution in [0.3, 0.4) is 0 Å². The maximum Gasteiger partial charge on any atom is 0.127 e. The van der Waals surface area contributed by atoms with Gasteiger partial charge in [-0.1, -0.05) is 20.4 Å². The molecular formula is C8H14N2. The van der Waals surface area contributed by atoms with Gasteiger partial charge in [0, 0.05) is 18.8 Å². The van der Waals surface area contributed by atoms with E-state index in [0.717, 1.165) is 18.7 Å². The summed E-state index contributed by atoms with van der Waals surface area (Å²) >= 11 is 0. The molecule has 0 amide bonds. The molecule has 0 aromatic rings. The molecule has 0 rings (SSSR count). The van der Waals surface area contributed by atoms with Gasteiger partial charge in [0.1, 0.15) is 5.84 Å². The second-order valence-corrected chi connectivity index (χ2v) is 1.80. The molecular weight excluding hydrogens is 124 g/mol. The Hall–Kier alpha value is -0.920. The molecule has 0 heterocycles. The van der Waals surface area contributed by atoms with Crippen LogP contribution in [0.25, 0.3) is 0 Å². The Bertz CT molecular complexity index is 145. The average molecular weight is 138 g/mol. The van der Waals surface area contributed by atoms with Crippen LogP contribution in [0.15, 0.2) is 22.8 Å². The zero-order chi connectivity index (χ0) is 7.82. The predicted octanol–water partition coefficient (Wildman–Crippen LogP) is 2.42. The first-order chi connectivity index (χ1) is 4.85. The molecule has 0 saturated heterocycles. The minimum atomic E-state index is 0.844. The van der Waals surface area contributed by atoms with E-state index in [1.54, 1.807) is 0 Å². The Morgan fingerprint density at radius 3 is 2.60 bits per heavy atom. The van der Waals surface area contributed by atoms with Gasteiger partial charge in [0.05, 0.1) is 0 Å². The summed E-state index contributed by atoms with van der Waals surface area (Å²) in [7, 11) is 0. The van der Waals surface area contributed by atoms with Crippen molar-refractivity contribution in [3.8, 4) is 0 Å². The minimum Gasteiger partial charge on any atom is -0.246 e. The minimum absolute atomic E-state index is 0.844. The van der Waals surface area contributed by atoms with Gasteiger partial charge in [0.15, 0.2) is 0 Å². The highest BCUT2D eigenvalue weighted by Gasteiger charge is 1.85. The zero-order valence-corrected chi connectivity index (χ0v) is 6.67. The highest BCUT2D eigenvalue weighted by atomic mass is 14.9. The van der Waals surface area contributed by atoms with Gasteiger partial charge in [0.2, 0.25) is 0 Å². The van der Waals surface area contributed by atoms with E-state index in [1.165, 1.54) is 6.20 Å². The van der Waals surface area contributed by atoms with Gasteiger partial charge in [-0.2, -0.15) is 0 Å². The van der Waals surface area contributed by atoms with Crippen LogP contribution in [0, 0.1) is 0 Å². The van der Waals surface area contributed by atoms with Gasteiger partial charge >= 0.3 is 0 Å². The van der Waals surface area contributed by atoms with Crippen LogP contribution in [-0.2, 0) is 0 Å². The molecule has 0 aromatic heterocycles. The van der Waals surface area contributed by atoms with Gasteiger partial charge in [-0.25, -0.2) is 9.98 Å². The Balaban J connectivity index is 3.94. The molecule has 0 aromatic carbocycles. The first-order valence-electron chi connectivity index (χ1n) is 3.55. The maximum absolute atomic E-state index is 4.10. The fourth-order valence-electron chi connectivity index (χ4n) is 0.518. The number of aliphatic imine (C=N–C) groups is 2. The van der Waals surface area contributed by atoms with Crippen molar-refractivity contribution >= 4 is 12.1 Å². The molecule has 0 unspecified atom stereocenters. The summed E-state index contributed by atoms with van der Waals surface area (Å²) in [4.78, 5) is 8.07. The first-order valence-corrected chi connectivity index (χ1v) is 3.55. The van der Waals surface area contributed by atoms with Crippen molar-refractivity contribution in [2.24, 2.45) is 9.98 Å². The second kappa shape index (κ2) is 6.20. The van der Waals surface area contributed by atoms with Gasteiger partial charge in [-0.05, 0) is 6.42 Å². The normalized spacial score (nSPS) is 12.4. The van der Waals surface area contributed by atoms with E-state index in [2.05, 4.69) is 16.6 Å². The Morgan fingerprint density at radius 1 is 1.50 bits per heavy atom. The van der Waals surface area contributed by atoms with E-state index in [-0.39, 0.29) is 0 Å². The smallest absolute Gasteiger partial charge is 0.127 e. The molecule has 0 saturated carbocycles. The molecule has 0 aliphatic heterocycles. The molecule has 10 heavy (non-hydrogen) atoms. The molecule has 0 aliphatic carbocycles. The second-order valence-electron chi connectivity index (χ2n) is 1.80. The summed E-state index contributed by atoms with van der Waals surface area (Å²) in [5.41, 5.74) is 0. The third-order valence-corrected chi connectivity index (χ3v) is 0.979. The fourth-order valence-corrected chi connectivity index (χ4v) is 0.518. The maximum atomic E-state index is 4.10. The van der Waals surface area contributed by atoms with Gasteiger partial charge < -0.3 is 0 Å². The highest BCUT2D eigenvalue weighted by molar-refractivity contribution is 5.89. The van der Waals surface area contributed by atoms with Gasteiger partial charge in [0.25, 0.3) is 0 Å². The largest absolute Gasteiger partial charge is 0.246 e. The molecule has 2 heteroatoms. The lowest BCUT2D eigenvalue weighted by Gasteiger charge is -1.90. The molecule has 0 N–H and O–H groups in total. The van der Waals surface area contributed by atoms with E-state index in [4.69, 9.17) is 0 Å². The van der Waals surface area contributed by atoms with E-state index < -0.39 is 0 Å². The SMILES string of the molecule is C=CN=C(CC)N=CCC. The molecule has 0 radical (unpaired) electrons. The van der Waals surface area contributed by atoms with Crippen molar-refractivity contribution in [3.63, 3.8) is 0 Å². The van der Waals surface area contributed by atoms with Crippen molar-refractivity contribution in [2.75, 3.05) is 0 Å². The standard InChI is InChI=1S/C8H14N2/c1-4-7-10-8(5-2)9-6-3/h6-7H,3-5H2,1-2H3. The lowest BCUT2D eigenvalue weighted by atomic mass is 10.4. The summed E-state index contributed by atoms with van der Waals surface area (Å²) < 4.78 is 0. The summed E-state index contributed by atoms with van der Waals surface area (Å²) in [6, 6.07) is 0. The van der Waals surface area contributed by atoms with Crippen LogP contribution in [0.1, 0.15) is 26.7 Å². The Labute approximate surface area is 62.4 Å². The van der Waals surface area contributed by atoms with Crippen molar-refractivity contribution in [1.82, 2.24) is 0 Å². The Kier molecular flexibility index (Phi) is 5.63. The number of nitrogens with zero attached hydrogens (tertiary/aromatic N) is 2. The summed E-state index contributed by atoms with van der Waals surface area (Å²) in [6.45, 7) is 7.56. The average Bonchev–Trinajstić information content (AvgIpc) is 1.98. The van der Waals surface area contributed by atoms with Crippen LogP contribution in [0.5, 0.6) is 0 Å². The lowest BCUT2D eigenvalue weighted by molar-refractivity contribution is 1.22. The number of hydrogen-bond acceptors (Lipinski definition) is 1. The van der Waals surface area contributed by atoms with E-state index in [9.17, 15) is 0 Å². The quantitative estimate of drug-likeness (QED) is 0.422. The third kappa shape index (κ3) is 4.01. The molecule has 0 bridgehead atoms. The van der Waals surface area contributed by atoms with Crippen molar-refractivity contribution in [1.29, 1.82) is 0 Å². The third-order valence-electron chi connectivity index (χ3n) is 0.979. The van der Waals surface area contributed by atoms with Crippen molar-refractivity contribution in [2.45, 2.75) is 26.7 Å². The zero-order valence-electron chi connectivity index (χ0n) is 6.67. The molecule has 56 valence electrons. The van der Waals surface area contributed by atoms with Crippen LogP contribution >= 0.6 is 0 Å². The fraction of sp³-hybridized carbons (Fsp3) is 0.500. The molecule has 2 nitrogen and oxygen atoms in total. The molecule has 0 aliphatic rings. The van der Waals surface area contributed by atoms with E-state index >= 15 is 0 Å². The van der Waals surface area contributed by atoms with Gasteiger partial charge in [-0.15, -0.1) is 0 Å². The molecule has 0 fully saturated rings. The van der Waals surface area contributed by atoms with Crippen molar-refractivity contribution < 1.29 is 0 Å². The monoisotopic (exact) mass is 138 g/mol. The lowest BCUT2D eigenvalue weighted by Crippen LogP contribution is -1.89.